The fourth-order valence-corrected chi connectivity index (χ4v) is 3.14. The van der Waals surface area contributed by atoms with Gasteiger partial charge in [-0.25, -0.2) is 0 Å². The first-order valence-electron chi connectivity index (χ1n) is 7.82. The lowest BCUT2D eigenvalue weighted by molar-refractivity contribution is -0.149. The van der Waals surface area contributed by atoms with Crippen LogP contribution in [0.3, 0.4) is 0 Å². The molecule has 1 saturated carbocycles. The number of benzene rings is 1. The van der Waals surface area contributed by atoms with Crippen LogP contribution >= 0.6 is 0 Å². The van der Waals surface area contributed by atoms with Gasteiger partial charge in [-0.05, 0) is 18.4 Å². The van der Waals surface area contributed by atoms with Gasteiger partial charge in [0, 0.05) is 5.92 Å². The molecule has 0 spiro atoms. The molecule has 2 rings (SSSR count). The smallest absolute Gasteiger partial charge is 0.257 e. The van der Waals surface area contributed by atoms with Crippen LogP contribution in [0.1, 0.15) is 37.7 Å². The van der Waals surface area contributed by atoms with Gasteiger partial charge in [-0.1, -0.05) is 61.4 Å². The SMILES string of the molecule is O=C(NCC#CCO)C(O)(c1ccccc1)C1CCCCC1. The van der Waals surface area contributed by atoms with Crippen LogP contribution in [0.5, 0.6) is 0 Å². The zero-order valence-corrected chi connectivity index (χ0v) is 12.7. The number of rotatable bonds is 4. The quantitative estimate of drug-likeness (QED) is 0.739. The minimum absolute atomic E-state index is 0.0746. The molecule has 0 heterocycles. The van der Waals surface area contributed by atoms with Crippen molar-refractivity contribution in [3.8, 4) is 11.8 Å². The van der Waals surface area contributed by atoms with Crippen LogP contribution in [0.15, 0.2) is 30.3 Å². The molecule has 0 bridgehead atoms. The molecule has 1 atom stereocenters. The second-order valence-electron chi connectivity index (χ2n) is 5.66. The summed E-state index contributed by atoms with van der Waals surface area (Å²) in [4.78, 5) is 12.6. The molecule has 0 saturated heterocycles. The van der Waals surface area contributed by atoms with Gasteiger partial charge in [-0.2, -0.15) is 0 Å². The lowest BCUT2D eigenvalue weighted by atomic mass is 9.73. The first-order valence-corrected chi connectivity index (χ1v) is 7.82. The van der Waals surface area contributed by atoms with Gasteiger partial charge in [-0.15, -0.1) is 0 Å². The van der Waals surface area contributed by atoms with Crippen LogP contribution in [0.25, 0.3) is 0 Å². The van der Waals surface area contributed by atoms with Crippen LogP contribution < -0.4 is 5.32 Å². The highest BCUT2D eigenvalue weighted by Crippen LogP contribution is 2.39. The number of amides is 1. The molecule has 0 aliphatic heterocycles. The average Bonchev–Trinajstić information content (AvgIpc) is 2.59. The molecule has 4 nitrogen and oxygen atoms in total. The number of hydrogen-bond acceptors (Lipinski definition) is 3. The molecule has 1 unspecified atom stereocenters. The van der Waals surface area contributed by atoms with Gasteiger partial charge >= 0.3 is 0 Å². The third-order valence-corrected chi connectivity index (χ3v) is 4.30. The van der Waals surface area contributed by atoms with Crippen molar-refractivity contribution < 1.29 is 15.0 Å². The van der Waals surface area contributed by atoms with Crippen LogP contribution in [-0.2, 0) is 10.4 Å². The minimum atomic E-state index is -1.51. The predicted octanol–water partition coefficient (Wildman–Crippen LogP) is 1.57. The standard InChI is InChI=1S/C18H23NO3/c20-14-8-7-13-19-17(21)18(22,15-9-3-1-4-10-15)16-11-5-2-6-12-16/h1,3-4,9-10,16,20,22H,2,5-6,11-14H2,(H,19,21). The number of aliphatic hydroxyl groups excluding tert-OH is 1. The maximum Gasteiger partial charge on any atom is 0.257 e. The number of hydrogen-bond donors (Lipinski definition) is 3. The van der Waals surface area contributed by atoms with Crippen LogP contribution in [0.2, 0.25) is 0 Å². The van der Waals surface area contributed by atoms with Crippen molar-refractivity contribution in [1.82, 2.24) is 5.32 Å². The van der Waals surface area contributed by atoms with E-state index in [0.29, 0.717) is 5.56 Å². The Hall–Kier alpha value is -1.83. The summed E-state index contributed by atoms with van der Waals surface area (Å²) in [6.45, 7) is -0.108. The molecule has 118 valence electrons. The van der Waals surface area contributed by atoms with Crippen LogP contribution in [-0.4, -0.2) is 29.3 Å². The second kappa shape index (κ2) is 7.98. The fourth-order valence-electron chi connectivity index (χ4n) is 3.14. The molecule has 0 radical (unpaired) electrons. The van der Waals surface area contributed by atoms with Gasteiger partial charge in [0.05, 0.1) is 6.54 Å². The average molecular weight is 301 g/mol. The molecule has 1 aliphatic carbocycles. The summed E-state index contributed by atoms with van der Waals surface area (Å²) >= 11 is 0. The van der Waals surface area contributed by atoms with Crippen LogP contribution in [0.4, 0.5) is 0 Å². The topological polar surface area (TPSA) is 69.6 Å². The van der Waals surface area contributed by atoms with Gasteiger partial charge in [0.25, 0.3) is 5.91 Å². The largest absolute Gasteiger partial charge is 0.384 e. The Morgan fingerprint density at radius 3 is 2.50 bits per heavy atom. The van der Waals surface area contributed by atoms with E-state index >= 15 is 0 Å². The van der Waals surface area contributed by atoms with E-state index in [0.717, 1.165) is 32.1 Å². The van der Waals surface area contributed by atoms with E-state index in [-0.39, 0.29) is 19.1 Å². The van der Waals surface area contributed by atoms with Gasteiger partial charge in [-0.3, -0.25) is 4.79 Å². The molecule has 1 aliphatic rings. The highest BCUT2D eigenvalue weighted by molar-refractivity contribution is 5.87. The summed E-state index contributed by atoms with van der Waals surface area (Å²) in [7, 11) is 0. The molecule has 3 N–H and O–H groups in total. The van der Waals surface area contributed by atoms with Crippen LogP contribution in [0, 0.1) is 17.8 Å². The Labute approximate surface area is 131 Å². The van der Waals surface area contributed by atoms with Gasteiger partial charge in [0.15, 0.2) is 5.60 Å². The fraction of sp³-hybridized carbons (Fsp3) is 0.500. The van der Waals surface area contributed by atoms with E-state index in [4.69, 9.17) is 5.11 Å². The van der Waals surface area contributed by atoms with E-state index in [1.54, 1.807) is 12.1 Å². The summed E-state index contributed by atoms with van der Waals surface area (Å²) in [5, 5.41) is 22.5. The van der Waals surface area contributed by atoms with Crippen molar-refractivity contribution in [2.24, 2.45) is 5.92 Å². The Kier molecular flexibility index (Phi) is 6.00. The summed E-state index contributed by atoms with van der Waals surface area (Å²) < 4.78 is 0. The molecule has 22 heavy (non-hydrogen) atoms. The highest BCUT2D eigenvalue weighted by atomic mass is 16.3. The summed E-state index contributed by atoms with van der Waals surface area (Å²) in [6, 6.07) is 9.14. The van der Waals surface area contributed by atoms with E-state index in [2.05, 4.69) is 17.2 Å². The monoisotopic (exact) mass is 301 g/mol. The Bertz CT molecular complexity index is 540. The third kappa shape index (κ3) is 3.68. The van der Waals surface area contributed by atoms with E-state index < -0.39 is 11.5 Å². The van der Waals surface area contributed by atoms with Gasteiger partial charge in [0.2, 0.25) is 0 Å². The predicted molar refractivity (Wildman–Crippen MR) is 84.8 cm³/mol. The summed E-state index contributed by atoms with van der Waals surface area (Å²) in [6.07, 6.45) is 4.93. The van der Waals surface area contributed by atoms with Gasteiger partial charge in [0.1, 0.15) is 6.61 Å². The number of aliphatic hydroxyl groups is 2. The van der Waals surface area contributed by atoms with E-state index in [1.807, 2.05) is 18.2 Å². The van der Waals surface area contributed by atoms with Crippen molar-refractivity contribution in [3.63, 3.8) is 0 Å². The van der Waals surface area contributed by atoms with E-state index in [9.17, 15) is 9.90 Å². The van der Waals surface area contributed by atoms with Crippen molar-refractivity contribution in [2.45, 2.75) is 37.7 Å². The van der Waals surface area contributed by atoms with E-state index in [1.165, 1.54) is 0 Å². The van der Waals surface area contributed by atoms with Crippen molar-refractivity contribution >= 4 is 5.91 Å². The number of carbonyl (C=O) groups is 1. The zero-order chi connectivity index (χ0) is 15.8. The first-order chi connectivity index (χ1) is 10.7. The molecule has 1 amide bonds. The molecule has 0 aromatic heterocycles. The molecular formula is C18H23NO3. The number of carbonyl (C=O) groups excluding carboxylic acids is 1. The lowest BCUT2D eigenvalue weighted by Gasteiger charge is -2.37. The first kappa shape index (κ1) is 16.5. The Morgan fingerprint density at radius 1 is 1.18 bits per heavy atom. The second-order valence-corrected chi connectivity index (χ2v) is 5.66. The Balaban J connectivity index is 2.22. The van der Waals surface area contributed by atoms with Gasteiger partial charge < -0.3 is 15.5 Å². The Morgan fingerprint density at radius 2 is 1.86 bits per heavy atom. The summed E-state index contributed by atoms with van der Waals surface area (Å²) in [5.74, 6) is 4.65. The minimum Gasteiger partial charge on any atom is -0.384 e. The third-order valence-electron chi connectivity index (χ3n) is 4.30. The maximum atomic E-state index is 12.6. The molecule has 1 aromatic carbocycles. The molecule has 1 fully saturated rings. The maximum absolute atomic E-state index is 12.6. The lowest BCUT2D eigenvalue weighted by Crippen LogP contribution is -2.50. The number of nitrogens with one attached hydrogen (secondary N) is 1. The normalized spacial score (nSPS) is 17.9. The highest BCUT2D eigenvalue weighted by Gasteiger charge is 2.45. The zero-order valence-electron chi connectivity index (χ0n) is 12.7. The molecular weight excluding hydrogens is 278 g/mol. The van der Waals surface area contributed by atoms with Crippen molar-refractivity contribution in [1.29, 1.82) is 0 Å². The summed E-state index contributed by atoms with van der Waals surface area (Å²) in [5.41, 5.74) is -0.878. The van der Waals surface area contributed by atoms with Crippen molar-refractivity contribution in [3.05, 3.63) is 35.9 Å². The molecule has 1 aromatic rings. The molecule has 4 heteroatoms. The van der Waals surface area contributed by atoms with Crippen molar-refractivity contribution in [2.75, 3.05) is 13.2 Å².